The average Bonchev–Trinajstić information content (AvgIpc) is 3.29. The van der Waals surface area contributed by atoms with E-state index in [2.05, 4.69) is 20.4 Å². The Morgan fingerprint density at radius 3 is 2.47 bits per heavy atom. The predicted octanol–water partition coefficient (Wildman–Crippen LogP) is 5.42. The van der Waals surface area contributed by atoms with Gasteiger partial charge in [-0.2, -0.15) is 10.6 Å². The van der Waals surface area contributed by atoms with E-state index in [1.54, 1.807) is 57.3 Å². The zero-order valence-corrected chi connectivity index (χ0v) is 19.8. The molecular formula is C24H26FN5O3S. The molecule has 0 amide bonds. The molecule has 4 rings (SSSR count). The molecule has 4 aromatic rings. The molecule has 178 valence electrons. The highest BCUT2D eigenvalue weighted by Crippen LogP contribution is 2.52. The molecule has 0 saturated carbocycles. The summed E-state index contributed by atoms with van der Waals surface area (Å²) in [6.07, 6.45) is 1.52. The Kier molecular flexibility index (Phi) is 6.67. The summed E-state index contributed by atoms with van der Waals surface area (Å²) in [7, 11) is -1.09. The van der Waals surface area contributed by atoms with Crippen LogP contribution in [0.3, 0.4) is 0 Å². The summed E-state index contributed by atoms with van der Waals surface area (Å²) in [6.45, 7) is 4.07. The van der Waals surface area contributed by atoms with Gasteiger partial charge in [-0.05, 0) is 50.7 Å². The molecule has 0 aliphatic heterocycles. The Morgan fingerprint density at radius 1 is 1.09 bits per heavy atom. The van der Waals surface area contributed by atoms with Crippen molar-refractivity contribution in [3.8, 4) is 34.0 Å². The van der Waals surface area contributed by atoms with Gasteiger partial charge in [-0.15, -0.1) is 0 Å². The summed E-state index contributed by atoms with van der Waals surface area (Å²) < 4.78 is 40.7. The summed E-state index contributed by atoms with van der Waals surface area (Å²) >= 11 is 0. The van der Waals surface area contributed by atoms with Gasteiger partial charge >= 0.3 is 0 Å². The molecule has 0 bridgehead atoms. The fourth-order valence-electron chi connectivity index (χ4n) is 3.41. The van der Waals surface area contributed by atoms with Gasteiger partial charge in [0.1, 0.15) is 11.5 Å². The lowest BCUT2D eigenvalue weighted by molar-refractivity contribution is 0.433. The normalized spacial score (nSPS) is 12.3. The molecule has 8 nitrogen and oxygen atoms in total. The molecule has 0 saturated heterocycles. The van der Waals surface area contributed by atoms with Crippen LogP contribution in [0, 0.1) is 5.82 Å². The van der Waals surface area contributed by atoms with Crippen molar-refractivity contribution in [2.24, 2.45) is 0 Å². The van der Waals surface area contributed by atoms with E-state index in [1.165, 1.54) is 12.3 Å². The lowest BCUT2D eigenvalue weighted by Gasteiger charge is -2.36. The number of rotatable bonds is 7. The molecule has 5 N–H and O–H groups in total. The van der Waals surface area contributed by atoms with Crippen LogP contribution in [0.15, 0.2) is 64.1 Å². The van der Waals surface area contributed by atoms with E-state index in [-0.39, 0.29) is 22.5 Å². The van der Waals surface area contributed by atoms with Crippen molar-refractivity contribution in [2.45, 2.75) is 30.5 Å². The Hall–Kier alpha value is -3.31. The Labute approximate surface area is 198 Å². The van der Waals surface area contributed by atoms with Crippen LogP contribution < -0.4 is 11.1 Å². The number of nitrogens with two attached hydrogens (primary N) is 1. The first-order valence-corrected chi connectivity index (χ1v) is 12.2. The van der Waals surface area contributed by atoms with Gasteiger partial charge in [-0.1, -0.05) is 23.4 Å². The molecule has 2 aromatic heterocycles. The molecule has 0 aliphatic carbocycles. The number of aromatic nitrogens is 3. The van der Waals surface area contributed by atoms with E-state index in [1.807, 2.05) is 6.07 Å². The maximum atomic E-state index is 14.6. The molecule has 0 fully saturated rings. The lowest BCUT2D eigenvalue weighted by atomic mass is 10.1. The largest absolute Gasteiger partial charge is 0.382 e. The fraction of sp³-hybridized carbons (Fsp3) is 0.208. The zero-order chi connectivity index (χ0) is 24.5. The van der Waals surface area contributed by atoms with Gasteiger partial charge in [-0.3, -0.25) is 9.11 Å². The molecule has 0 atom stereocenters. The van der Waals surface area contributed by atoms with Crippen molar-refractivity contribution in [3.05, 3.63) is 66.1 Å². The number of hydrogen-bond donors (Lipinski definition) is 4. The van der Waals surface area contributed by atoms with Crippen LogP contribution in [0.2, 0.25) is 0 Å². The number of benzene rings is 2. The van der Waals surface area contributed by atoms with E-state index in [0.717, 1.165) is 5.56 Å². The van der Waals surface area contributed by atoms with E-state index in [4.69, 9.17) is 10.3 Å². The monoisotopic (exact) mass is 483 g/mol. The van der Waals surface area contributed by atoms with Gasteiger partial charge in [0.2, 0.25) is 0 Å². The third-order valence-electron chi connectivity index (χ3n) is 5.39. The van der Waals surface area contributed by atoms with Crippen molar-refractivity contribution >= 4 is 16.4 Å². The summed E-state index contributed by atoms with van der Waals surface area (Å²) in [5.74, 6) is -0.0130. The van der Waals surface area contributed by atoms with Crippen molar-refractivity contribution in [1.29, 1.82) is 0 Å². The molecule has 0 unspecified atom stereocenters. The summed E-state index contributed by atoms with van der Waals surface area (Å²) in [5, 5.41) is 6.67. The molecule has 2 heterocycles. The van der Waals surface area contributed by atoms with Crippen LogP contribution in [0.5, 0.6) is 0 Å². The van der Waals surface area contributed by atoms with Gasteiger partial charge in [0, 0.05) is 29.0 Å². The second-order valence-electron chi connectivity index (χ2n) is 8.08. The Balaban J connectivity index is 1.65. The first-order valence-electron chi connectivity index (χ1n) is 10.6. The van der Waals surface area contributed by atoms with Crippen LogP contribution in [0.4, 0.5) is 10.2 Å². The van der Waals surface area contributed by atoms with Crippen molar-refractivity contribution in [2.75, 3.05) is 12.8 Å². The summed E-state index contributed by atoms with van der Waals surface area (Å²) in [5.41, 5.74) is 8.98. The number of nitrogens with zero attached hydrogens (tertiary/aromatic N) is 3. The third-order valence-corrected chi connectivity index (χ3v) is 7.67. The maximum absolute atomic E-state index is 14.6. The van der Waals surface area contributed by atoms with Crippen molar-refractivity contribution < 1.29 is 18.0 Å². The van der Waals surface area contributed by atoms with E-state index in [9.17, 15) is 13.5 Å². The fourth-order valence-corrected chi connectivity index (χ4v) is 4.49. The van der Waals surface area contributed by atoms with Gasteiger partial charge < -0.3 is 15.6 Å². The molecular weight excluding hydrogens is 457 g/mol. The molecule has 10 heteroatoms. The average molecular weight is 484 g/mol. The molecule has 34 heavy (non-hydrogen) atoms. The molecule has 0 spiro atoms. The number of hydrogen-bond acceptors (Lipinski definition) is 8. The second-order valence-corrected chi connectivity index (χ2v) is 10.7. The van der Waals surface area contributed by atoms with Gasteiger partial charge in [-0.25, -0.2) is 14.4 Å². The minimum Gasteiger partial charge on any atom is -0.382 e. The number of nitrogen functional groups attached to an aromatic ring is 1. The van der Waals surface area contributed by atoms with Crippen LogP contribution >= 0.6 is 10.6 Å². The van der Waals surface area contributed by atoms with Crippen LogP contribution in [-0.4, -0.2) is 36.5 Å². The molecule has 0 aliphatic rings. The highest BCUT2D eigenvalue weighted by Gasteiger charge is 2.21. The first-order chi connectivity index (χ1) is 16.2. The Morgan fingerprint density at radius 2 is 1.82 bits per heavy atom. The van der Waals surface area contributed by atoms with E-state index >= 15 is 0 Å². The minimum atomic E-state index is -2.88. The lowest BCUT2D eigenvalue weighted by Crippen LogP contribution is -2.10. The van der Waals surface area contributed by atoms with Crippen LogP contribution in [0.25, 0.3) is 34.0 Å². The standard InChI is InChI=1S/C24H26FN5O3S/c1-14(2)34(31,32)17-7-5-16(6-8-17)21-13-28-24(26)23(29-21)22-11-20(30-33-22)18-9-4-15(12-27-3)10-19(18)25/h4-11,13-14,27,31-32H,12H2,1-3H3,(H2,26,28). The minimum absolute atomic E-state index is 0.141. The summed E-state index contributed by atoms with van der Waals surface area (Å²) in [6, 6.07) is 13.3. The molecule has 0 radical (unpaired) electrons. The second kappa shape index (κ2) is 9.51. The highest BCUT2D eigenvalue weighted by atomic mass is 32.3. The quantitative estimate of drug-likeness (QED) is 0.274. The van der Waals surface area contributed by atoms with Crippen LogP contribution in [-0.2, 0) is 6.54 Å². The van der Waals surface area contributed by atoms with Gasteiger partial charge in [0.25, 0.3) is 0 Å². The highest BCUT2D eigenvalue weighted by molar-refractivity contribution is 8.24. The van der Waals surface area contributed by atoms with E-state index < -0.39 is 16.4 Å². The summed E-state index contributed by atoms with van der Waals surface area (Å²) in [4.78, 5) is 9.24. The molecule has 2 aromatic carbocycles. The first kappa shape index (κ1) is 23.8. The van der Waals surface area contributed by atoms with Gasteiger partial charge in [0.15, 0.2) is 17.3 Å². The van der Waals surface area contributed by atoms with Crippen LogP contribution in [0.1, 0.15) is 19.4 Å². The van der Waals surface area contributed by atoms with Gasteiger partial charge in [0.05, 0.1) is 16.8 Å². The number of anilines is 1. The number of nitrogens with one attached hydrogen (secondary N) is 1. The maximum Gasteiger partial charge on any atom is 0.189 e. The SMILES string of the molecule is CNCc1ccc(-c2cc(-c3nc(-c4ccc(S(O)(O)C(C)C)cc4)cnc3N)on2)c(F)c1. The predicted molar refractivity (Wildman–Crippen MR) is 132 cm³/mol. The smallest absolute Gasteiger partial charge is 0.189 e. The third kappa shape index (κ3) is 4.66. The Bertz CT molecular complexity index is 1310. The zero-order valence-electron chi connectivity index (χ0n) is 19.0. The van der Waals surface area contributed by atoms with Crippen molar-refractivity contribution in [3.63, 3.8) is 0 Å². The topological polar surface area (TPSA) is 130 Å². The number of halogens is 1. The van der Waals surface area contributed by atoms with Crippen molar-refractivity contribution in [1.82, 2.24) is 20.4 Å². The van der Waals surface area contributed by atoms with E-state index in [0.29, 0.717) is 34.0 Å².